The Balaban J connectivity index is 0.00000353. The number of nitrogens with one attached hydrogen (secondary N) is 3. The van der Waals surface area contributed by atoms with Crippen LogP contribution >= 0.6 is 11.3 Å². The molecule has 0 aromatic carbocycles. The highest BCUT2D eigenvalue weighted by Gasteiger charge is 2.32. The number of aryl methyl sites for hydroxylation is 2. The number of rotatable bonds is 10. The van der Waals surface area contributed by atoms with Crippen molar-refractivity contribution in [3.8, 4) is 0 Å². The van der Waals surface area contributed by atoms with Gasteiger partial charge in [-0.1, -0.05) is 0 Å². The first-order chi connectivity index (χ1) is 18.2. The Morgan fingerprint density at radius 3 is 2.71 bits per heavy atom. The Bertz CT molecular complexity index is 1340. The first-order valence-corrected chi connectivity index (χ1v) is 13.0. The van der Waals surface area contributed by atoms with E-state index in [2.05, 4.69) is 31.2 Å². The molecular formula is C23H28F4N8O2S. The minimum Gasteiger partial charge on any atom is -0.352 e. The maximum absolute atomic E-state index is 13.2. The highest BCUT2D eigenvalue weighted by molar-refractivity contribution is 7.17. The van der Waals surface area contributed by atoms with Crippen LogP contribution in [0.25, 0.3) is 0 Å². The normalized spacial score (nSPS) is 17.1. The molecule has 0 saturated heterocycles. The third kappa shape index (κ3) is 5.66. The van der Waals surface area contributed by atoms with Gasteiger partial charge < -0.3 is 16.0 Å². The molecule has 10 nitrogen and oxygen atoms in total. The molecule has 2 aliphatic carbocycles. The lowest BCUT2D eigenvalue weighted by Gasteiger charge is -2.25. The topological polar surface area (TPSA) is 119 Å². The second-order valence-corrected chi connectivity index (χ2v) is 10.6. The summed E-state index contributed by atoms with van der Waals surface area (Å²) in [6, 6.07) is 1.05. The zero-order valence-corrected chi connectivity index (χ0v) is 21.2. The molecule has 206 valence electrons. The van der Waals surface area contributed by atoms with Crippen LogP contribution in [0.2, 0.25) is 0 Å². The van der Waals surface area contributed by atoms with Crippen molar-refractivity contribution in [1.82, 2.24) is 29.9 Å². The van der Waals surface area contributed by atoms with Gasteiger partial charge in [-0.05, 0) is 43.6 Å². The summed E-state index contributed by atoms with van der Waals surface area (Å²) in [6.07, 6.45) is -1.22. The lowest BCUT2D eigenvalue weighted by atomic mass is 9.91. The van der Waals surface area contributed by atoms with E-state index in [-0.39, 0.29) is 24.1 Å². The van der Waals surface area contributed by atoms with Crippen LogP contribution in [-0.2, 0) is 24.7 Å². The predicted molar refractivity (Wildman–Crippen MR) is 133 cm³/mol. The van der Waals surface area contributed by atoms with Crippen molar-refractivity contribution in [2.45, 2.75) is 57.4 Å². The number of carbonyl (C=O) groups is 2. The highest BCUT2D eigenvalue weighted by atomic mass is 32.1. The quantitative estimate of drug-likeness (QED) is 0.317. The van der Waals surface area contributed by atoms with Gasteiger partial charge in [-0.2, -0.15) is 5.10 Å². The number of aromatic nitrogens is 5. The van der Waals surface area contributed by atoms with Crippen LogP contribution in [0, 0.1) is 5.92 Å². The molecule has 1 fully saturated rings. The van der Waals surface area contributed by atoms with E-state index in [0.717, 1.165) is 23.3 Å². The van der Waals surface area contributed by atoms with Crippen LogP contribution in [0.5, 0.6) is 0 Å². The van der Waals surface area contributed by atoms with Gasteiger partial charge in [0.1, 0.15) is 22.8 Å². The second-order valence-electron chi connectivity index (χ2n) is 9.47. The fraction of sp³-hybridized carbons (Fsp3) is 0.522. The first kappa shape index (κ1) is 26.1. The maximum atomic E-state index is 13.2. The Morgan fingerprint density at radius 2 is 2.03 bits per heavy atom. The van der Waals surface area contributed by atoms with Crippen LogP contribution < -0.4 is 16.0 Å². The van der Waals surface area contributed by atoms with Crippen molar-refractivity contribution in [3.05, 3.63) is 34.1 Å². The van der Waals surface area contributed by atoms with Gasteiger partial charge >= 0.3 is 0 Å². The highest BCUT2D eigenvalue weighted by Crippen LogP contribution is 2.42. The number of hydrogen-bond donors (Lipinski definition) is 3. The lowest BCUT2D eigenvalue weighted by molar-refractivity contribution is -0.118. The fourth-order valence-electron chi connectivity index (χ4n) is 4.52. The Morgan fingerprint density at radius 1 is 1.24 bits per heavy atom. The zero-order valence-electron chi connectivity index (χ0n) is 20.4. The molecule has 0 radical (unpaired) electrons. The van der Waals surface area contributed by atoms with E-state index in [4.69, 9.17) is 0 Å². The Labute approximate surface area is 220 Å². The van der Waals surface area contributed by atoms with Gasteiger partial charge in [-0.25, -0.2) is 17.6 Å². The SMILES string of the molecule is Cn1nc(C(F)F)cc1Nc1nncn1[C@H]1CCc2sc(NC(=O)CC(F)F)c(C(=O)NCC3CC3)c2C1.[HH]. The second kappa shape index (κ2) is 10.7. The molecular weight excluding hydrogens is 528 g/mol. The minimum absolute atomic E-state index is 0. The summed E-state index contributed by atoms with van der Waals surface area (Å²) < 4.78 is 54.7. The van der Waals surface area contributed by atoms with Crippen molar-refractivity contribution in [1.29, 1.82) is 0 Å². The molecule has 5 rings (SSSR count). The van der Waals surface area contributed by atoms with Crippen LogP contribution in [0.3, 0.4) is 0 Å². The number of carbonyl (C=O) groups excluding carboxylic acids is 2. The van der Waals surface area contributed by atoms with Crippen molar-refractivity contribution in [3.63, 3.8) is 0 Å². The summed E-state index contributed by atoms with van der Waals surface area (Å²) in [7, 11) is 1.53. The summed E-state index contributed by atoms with van der Waals surface area (Å²) in [6.45, 7) is 0.516. The monoisotopic (exact) mass is 556 g/mol. The number of alkyl halides is 4. The standard InChI is InChI=1S/C23H26F4N8O2S.H2/c1-34-17(7-14(33-34)20(26)27)30-23-32-29-10-35(23)12-4-5-15-13(6-12)19(21(37)28-9-11-2-3-11)22(38-15)31-18(36)8-16(24)25;/h7,10-12,16,20H,2-6,8-9H2,1H3,(H,28,37)(H,30,32)(H,31,36);1H/t12-;/m0./s1. The molecule has 3 N–H and O–H groups in total. The molecule has 15 heteroatoms. The number of amides is 2. The summed E-state index contributed by atoms with van der Waals surface area (Å²) in [5.74, 6) is -0.135. The number of thiophene rings is 1. The van der Waals surface area contributed by atoms with Gasteiger partial charge in [-0.15, -0.1) is 21.5 Å². The van der Waals surface area contributed by atoms with E-state index >= 15 is 0 Å². The summed E-state index contributed by atoms with van der Waals surface area (Å²) >= 11 is 1.23. The van der Waals surface area contributed by atoms with Crippen molar-refractivity contribution >= 4 is 39.9 Å². The number of halogens is 4. The van der Waals surface area contributed by atoms with Gasteiger partial charge in [-0.3, -0.25) is 18.8 Å². The Kier molecular flexibility index (Phi) is 7.36. The summed E-state index contributed by atoms with van der Waals surface area (Å²) in [5, 5.41) is 20.6. The van der Waals surface area contributed by atoms with E-state index in [1.807, 2.05) is 0 Å². The van der Waals surface area contributed by atoms with Crippen molar-refractivity contribution in [2.24, 2.45) is 13.0 Å². The number of fused-ring (bicyclic) bond motifs is 1. The van der Waals surface area contributed by atoms with Gasteiger partial charge in [0, 0.05) is 32.0 Å². The van der Waals surface area contributed by atoms with Crippen LogP contribution in [-0.4, -0.2) is 49.3 Å². The van der Waals surface area contributed by atoms with Crippen molar-refractivity contribution < 1.29 is 28.6 Å². The van der Waals surface area contributed by atoms with Crippen LogP contribution in [0.15, 0.2) is 12.4 Å². The number of hydrogen-bond acceptors (Lipinski definition) is 7. The Hall–Kier alpha value is -3.49. The van der Waals surface area contributed by atoms with E-state index < -0.39 is 25.2 Å². The molecule has 1 saturated carbocycles. The molecule has 0 bridgehead atoms. The molecule has 3 aromatic heterocycles. The largest absolute Gasteiger partial charge is 0.352 e. The van der Waals surface area contributed by atoms with Gasteiger partial charge in [0.15, 0.2) is 0 Å². The molecule has 2 amide bonds. The average molecular weight is 557 g/mol. The fourth-order valence-corrected chi connectivity index (χ4v) is 5.78. The molecule has 1 atom stereocenters. The average Bonchev–Trinajstić information content (AvgIpc) is 3.27. The molecule has 0 spiro atoms. The zero-order chi connectivity index (χ0) is 27.0. The van der Waals surface area contributed by atoms with E-state index in [1.165, 1.54) is 35.5 Å². The molecule has 3 heterocycles. The smallest absolute Gasteiger partial charge is 0.282 e. The summed E-state index contributed by atoms with van der Waals surface area (Å²) in [5.41, 5.74) is 0.672. The van der Waals surface area contributed by atoms with E-state index in [0.29, 0.717) is 49.1 Å². The van der Waals surface area contributed by atoms with Gasteiger partial charge in [0.05, 0.1) is 12.0 Å². The van der Waals surface area contributed by atoms with Gasteiger partial charge in [0.25, 0.3) is 12.3 Å². The molecule has 0 unspecified atom stereocenters. The van der Waals surface area contributed by atoms with Crippen LogP contribution in [0.1, 0.15) is 66.1 Å². The third-order valence-electron chi connectivity index (χ3n) is 6.63. The van der Waals surface area contributed by atoms with E-state index in [1.54, 1.807) is 4.57 Å². The van der Waals surface area contributed by atoms with Crippen molar-refractivity contribution in [2.75, 3.05) is 17.2 Å². The lowest BCUT2D eigenvalue weighted by Crippen LogP contribution is -2.28. The molecule has 2 aliphatic rings. The minimum atomic E-state index is -2.79. The summed E-state index contributed by atoms with van der Waals surface area (Å²) in [4.78, 5) is 26.2. The maximum Gasteiger partial charge on any atom is 0.282 e. The molecule has 0 aliphatic heterocycles. The number of nitrogens with zero attached hydrogens (tertiary/aromatic N) is 5. The third-order valence-corrected chi connectivity index (χ3v) is 7.84. The first-order valence-electron chi connectivity index (χ1n) is 12.2. The predicted octanol–water partition coefficient (Wildman–Crippen LogP) is 4.46. The molecule has 38 heavy (non-hydrogen) atoms. The number of anilines is 3. The van der Waals surface area contributed by atoms with Crippen LogP contribution in [0.4, 0.5) is 34.3 Å². The molecule has 3 aromatic rings. The van der Waals surface area contributed by atoms with E-state index in [9.17, 15) is 27.2 Å². The van der Waals surface area contributed by atoms with Gasteiger partial charge in [0.2, 0.25) is 18.3 Å².